The van der Waals surface area contributed by atoms with Gasteiger partial charge in [-0.15, -0.1) is 0 Å². The van der Waals surface area contributed by atoms with Gasteiger partial charge in [0, 0.05) is 12.0 Å². The van der Waals surface area contributed by atoms with Crippen LogP contribution in [0.2, 0.25) is 0 Å². The lowest BCUT2D eigenvalue weighted by molar-refractivity contribution is -0.0369. The summed E-state index contributed by atoms with van der Waals surface area (Å²) < 4.78 is 15.1. The first-order valence-corrected chi connectivity index (χ1v) is 5.47. The first kappa shape index (κ1) is 13.8. The van der Waals surface area contributed by atoms with Crippen molar-refractivity contribution in [1.82, 2.24) is 0 Å². The average Bonchev–Trinajstić information content (AvgIpc) is 2.02. The lowest BCUT2D eigenvalue weighted by Crippen LogP contribution is -2.34. The van der Waals surface area contributed by atoms with Crippen molar-refractivity contribution in [2.24, 2.45) is 0 Å². The van der Waals surface area contributed by atoms with E-state index >= 15 is 0 Å². The number of allylic oxidation sites excluding steroid dienone is 2. The topological polar surface area (TPSA) is 29.5 Å². The molecule has 0 radical (unpaired) electrons. The third kappa shape index (κ3) is 4.84. The van der Waals surface area contributed by atoms with E-state index in [2.05, 4.69) is 0 Å². The van der Waals surface area contributed by atoms with E-state index in [9.17, 15) is 4.55 Å². The highest BCUT2D eigenvalue weighted by atomic mass is 32.2. The van der Waals surface area contributed by atoms with Gasteiger partial charge in [-0.1, -0.05) is 12.2 Å². The molecule has 82 valence electrons. The van der Waals surface area contributed by atoms with Gasteiger partial charge in [-0.2, -0.15) is 0 Å². The molecular formula is C11H20O2S. The molecule has 0 aliphatic carbocycles. The van der Waals surface area contributed by atoms with Crippen LogP contribution in [-0.2, 0) is 4.74 Å². The van der Waals surface area contributed by atoms with Gasteiger partial charge in [-0.05, 0) is 46.8 Å². The average molecular weight is 216 g/mol. The van der Waals surface area contributed by atoms with Crippen molar-refractivity contribution in [3.05, 3.63) is 24.3 Å². The first-order chi connectivity index (χ1) is 6.39. The second-order valence-corrected chi connectivity index (χ2v) is 4.85. The van der Waals surface area contributed by atoms with Crippen LogP contribution in [0.3, 0.4) is 0 Å². The highest BCUT2D eigenvalue weighted by Gasteiger charge is 2.30. The van der Waals surface area contributed by atoms with Gasteiger partial charge in [-0.25, -0.2) is 0 Å². The first-order valence-electron chi connectivity index (χ1n) is 4.69. The van der Waals surface area contributed by atoms with Crippen molar-refractivity contribution in [2.75, 3.05) is 0 Å². The molecule has 2 nitrogen and oxygen atoms in total. The third-order valence-corrected chi connectivity index (χ3v) is 2.05. The second kappa shape index (κ2) is 5.59. The van der Waals surface area contributed by atoms with Crippen LogP contribution in [0.1, 0.15) is 34.6 Å². The minimum Gasteiger partial charge on any atom is -0.349 e. The maximum absolute atomic E-state index is 9.29. The Morgan fingerprint density at radius 2 is 1.50 bits per heavy atom. The number of hydrogen-bond acceptors (Lipinski definition) is 3. The number of rotatable bonds is 4. The predicted octanol–water partition coefficient (Wildman–Crippen LogP) is 3.86. The molecular weight excluding hydrogens is 196 g/mol. The number of hydrogen-bond donors (Lipinski definition) is 1. The lowest BCUT2D eigenvalue weighted by atomic mass is 10.1. The van der Waals surface area contributed by atoms with Crippen molar-refractivity contribution in [2.45, 2.75) is 45.2 Å². The van der Waals surface area contributed by atoms with Gasteiger partial charge >= 0.3 is 0 Å². The summed E-state index contributed by atoms with van der Waals surface area (Å²) in [6.45, 7) is 9.70. The fraction of sp³-hybridized carbons (Fsp3) is 0.636. The molecule has 0 atom stereocenters. The van der Waals surface area contributed by atoms with Crippen LogP contribution in [0.25, 0.3) is 0 Å². The van der Waals surface area contributed by atoms with Gasteiger partial charge in [-0.3, -0.25) is 0 Å². The van der Waals surface area contributed by atoms with Gasteiger partial charge in [0.25, 0.3) is 0 Å². The van der Waals surface area contributed by atoms with E-state index in [1.54, 1.807) is 0 Å². The van der Waals surface area contributed by atoms with Crippen LogP contribution in [0.5, 0.6) is 0 Å². The minimum atomic E-state index is -0.762. The fourth-order valence-corrected chi connectivity index (χ4v) is 1.83. The van der Waals surface area contributed by atoms with Gasteiger partial charge in [0.05, 0.1) is 5.60 Å². The monoisotopic (exact) mass is 216 g/mol. The molecule has 0 aromatic heterocycles. The van der Waals surface area contributed by atoms with Gasteiger partial charge in [0.1, 0.15) is 0 Å². The van der Waals surface area contributed by atoms with Crippen LogP contribution in [0.15, 0.2) is 24.3 Å². The third-order valence-electron chi connectivity index (χ3n) is 1.41. The Morgan fingerprint density at radius 1 is 1.07 bits per heavy atom. The largest absolute Gasteiger partial charge is 0.349 e. The molecule has 0 aliphatic heterocycles. The number of ether oxygens (including phenoxy) is 1. The lowest BCUT2D eigenvalue weighted by Gasteiger charge is -2.32. The summed E-state index contributed by atoms with van der Waals surface area (Å²) in [6, 6.07) is 0. The van der Waals surface area contributed by atoms with E-state index < -0.39 is 4.93 Å². The van der Waals surface area contributed by atoms with E-state index in [4.69, 9.17) is 4.74 Å². The van der Waals surface area contributed by atoms with Crippen molar-refractivity contribution < 1.29 is 9.29 Å². The minimum absolute atomic E-state index is 0.297. The molecule has 0 saturated heterocycles. The fourth-order valence-electron chi connectivity index (χ4n) is 1.15. The molecule has 0 bridgehead atoms. The molecule has 0 amide bonds. The van der Waals surface area contributed by atoms with E-state index in [0.717, 1.165) is 0 Å². The molecule has 0 spiro atoms. The maximum atomic E-state index is 9.29. The second-order valence-electron chi connectivity index (χ2n) is 4.03. The van der Waals surface area contributed by atoms with E-state index in [-0.39, 0.29) is 5.60 Å². The molecule has 14 heavy (non-hydrogen) atoms. The van der Waals surface area contributed by atoms with Crippen molar-refractivity contribution in [3.63, 3.8) is 0 Å². The summed E-state index contributed by atoms with van der Waals surface area (Å²) in [5, 5.41) is 0. The van der Waals surface area contributed by atoms with E-state index in [1.165, 1.54) is 0 Å². The molecule has 0 fully saturated rings. The van der Waals surface area contributed by atoms with Crippen molar-refractivity contribution >= 4 is 12.0 Å². The molecule has 3 heteroatoms. The molecule has 0 aromatic carbocycles. The Balaban J connectivity index is 4.85. The molecule has 0 rings (SSSR count). The summed E-state index contributed by atoms with van der Waals surface area (Å²) in [5.74, 6) is 0. The van der Waals surface area contributed by atoms with Crippen LogP contribution in [0.4, 0.5) is 0 Å². The zero-order valence-corrected chi connectivity index (χ0v) is 10.4. The quantitative estimate of drug-likeness (QED) is 0.439. The summed E-state index contributed by atoms with van der Waals surface area (Å²) in [5.41, 5.74) is -0.297. The maximum Gasteiger partial charge on any atom is 0.176 e. The summed E-state index contributed by atoms with van der Waals surface area (Å²) in [6.07, 6.45) is 7.41. The normalized spacial score (nSPS) is 17.9. The van der Waals surface area contributed by atoms with Crippen molar-refractivity contribution in [3.8, 4) is 0 Å². The SMILES string of the molecule is CC=CC(C=CC)(OC(C)(C)C)SO. The van der Waals surface area contributed by atoms with Crippen molar-refractivity contribution in [1.29, 1.82) is 0 Å². The van der Waals surface area contributed by atoms with E-state index in [1.807, 2.05) is 58.9 Å². The molecule has 0 heterocycles. The Kier molecular flexibility index (Phi) is 5.49. The van der Waals surface area contributed by atoms with Gasteiger partial charge in [0.2, 0.25) is 0 Å². The smallest absolute Gasteiger partial charge is 0.176 e. The Hall–Kier alpha value is -0.250. The van der Waals surface area contributed by atoms with Crippen LogP contribution in [-0.4, -0.2) is 15.1 Å². The van der Waals surface area contributed by atoms with Gasteiger partial charge < -0.3 is 9.29 Å². The van der Waals surface area contributed by atoms with Crippen LogP contribution in [0, 0.1) is 0 Å². The highest BCUT2D eigenvalue weighted by Crippen LogP contribution is 2.32. The zero-order chi connectivity index (χ0) is 11.2. The van der Waals surface area contributed by atoms with Crippen LogP contribution >= 0.6 is 12.0 Å². The molecule has 0 aromatic rings. The molecule has 0 unspecified atom stereocenters. The Bertz CT molecular complexity index is 202. The van der Waals surface area contributed by atoms with E-state index in [0.29, 0.717) is 12.0 Å². The zero-order valence-electron chi connectivity index (χ0n) is 9.57. The molecule has 0 saturated carbocycles. The summed E-state index contributed by atoms with van der Waals surface area (Å²) in [4.78, 5) is -0.762. The summed E-state index contributed by atoms with van der Waals surface area (Å²) in [7, 11) is 0. The van der Waals surface area contributed by atoms with Crippen LogP contribution < -0.4 is 0 Å². The highest BCUT2D eigenvalue weighted by molar-refractivity contribution is 7.95. The molecule has 1 N–H and O–H groups in total. The van der Waals surface area contributed by atoms with Gasteiger partial charge in [0.15, 0.2) is 4.93 Å². The Labute approximate surface area is 91.2 Å². The standard InChI is InChI=1S/C11H20O2S/c1-6-8-11(14-12,9-7-2)13-10(3,4)5/h6-9,12H,1-5H3. The predicted molar refractivity (Wildman–Crippen MR) is 63.4 cm³/mol. The summed E-state index contributed by atoms with van der Waals surface area (Å²) >= 11 is 0.698. The molecule has 0 aliphatic rings. The Morgan fingerprint density at radius 3 is 1.71 bits per heavy atom.